The van der Waals surface area contributed by atoms with Crippen molar-refractivity contribution in [1.82, 2.24) is 0 Å². The lowest BCUT2D eigenvalue weighted by molar-refractivity contribution is 0.268. The van der Waals surface area contributed by atoms with Gasteiger partial charge in [0.25, 0.3) is 0 Å². The van der Waals surface area contributed by atoms with Gasteiger partial charge in [0, 0.05) is 0 Å². The molecule has 0 spiro atoms. The Labute approximate surface area is 49.3 Å². The summed E-state index contributed by atoms with van der Waals surface area (Å²) in [6.45, 7) is 2.02. The van der Waals surface area contributed by atoms with Crippen LogP contribution >= 0.6 is 0 Å². The molecule has 0 aromatic heterocycles. The third-order valence-electron chi connectivity index (χ3n) is 1.23. The van der Waals surface area contributed by atoms with Gasteiger partial charge >= 0.3 is 0 Å². The van der Waals surface area contributed by atoms with Crippen LogP contribution < -0.4 is 0 Å². The smallest absolute Gasteiger partial charge is 0.0905 e. The highest BCUT2D eigenvalue weighted by atomic mass is 16.3. The molecule has 0 radical (unpaired) electrons. The van der Waals surface area contributed by atoms with Gasteiger partial charge in [-0.25, -0.2) is 0 Å². The van der Waals surface area contributed by atoms with Gasteiger partial charge in [-0.3, -0.25) is 0 Å². The van der Waals surface area contributed by atoms with E-state index in [1.807, 2.05) is 19.1 Å². The number of hydrogen-bond donors (Lipinski definition) is 1. The fourth-order valence-electron chi connectivity index (χ4n) is 0.808. The SMILES string of the molecule is CC1=CC(O)C=CC1. The van der Waals surface area contributed by atoms with Crippen molar-refractivity contribution in [2.24, 2.45) is 0 Å². The molecule has 0 aromatic rings. The average molecular weight is 110 g/mol. The molecule has 1 unspecified atom stereocenters. The lowest BCUT2D eigenvalue weighted by atomic mass is 10.1. The lowest BCUT2D eigenvalue weighted by Gasteiger charge is -2.05. The first-order chi connectivity index (χ1) is 3.79. The summed E-state index contributed by atoms with van der Waals surface area (Å²) in [5, 5.41) is 8.92. The van der Waals surface area contributed by atoms with Crippen molar-refractivity contribution in [2.75, 3.05) is 0 Å². The van der Waals surface area contributed by atoms with Crippen LogP contribution in [0.5, 0.6) is 0 Å². The summed E-state index contributed by atoms with van der Waals surface area (Å²) in [5.41, 5.74) is 1.25. The Morgan fingerprint density at radius 2 is 2.50 bits per heavy atom. The molecule has 1 aliphatic rings. The third kappa shape index (κ3) is 1.20. The van der Waals surface area contributed by atoms with Crippen LogP contribution in [0.2, 0.25) is 0 Å². The van der Waals surface area contributed by atoms with E-state index in [0.29, 0.717) is 0 Å². The molecule has 0 fully saturated rings. The van der Waals surface area contributed by atoms with Crippen molar-refractivity contribution in [1.29, 1.82) is 0 Å². The highest BCUT2D eigenvalue weighted by molar-refractivity contribution is 5.16. The van der Waals surface area contributed by atoms with Crippen LogP contribution in [0.1, 0.15) is 13.3 Å². The van der Waals surface area contributed by atoms with E-state index in [1.54, 1.807) is 6.08 Å². The summed E-state index contributed by atoms with van der Waals surface area (Å²) in [5.74, 6) is 0. The Hall–Kier alpha value is -0.560. The van der Waals surface area contributed by atoms with Crippen LogP contribution in [0.4, 0.5) is 0 Å². The number of aliphatic hydroxyl groups is 1. The normalized spacial score (nSPS) is 27.8. The molecule has 0 aliphatic heterocycles. The zero-order chi connectivity index (χ0) is 5.98. The highest BCUT2D eigenvalue weighted by Gasteiger charge is 1.98. The average Bonchev–Trinajstić information content (AvgIpc) is 1.64. The van der Waals surface area contributed by atoms with E-state index in [9.17, 15) is 0 Å². The monoisotopic (exact) mass is 110 g/mol. The van der Waals surface area contributed by atoms with Crippen molar-refractivity contribution >= 4 is 0 Å². The fourth-order valence-corrected chi connectivity index (χ4v) is 0.808. The van der Waals surface area contributed by atoms with Crippen molar-refractivity contribution in [2.45, 2.75) is 19.4 Å². The summed E-state index contributed by atoms with van der Waals surface area (Å²) in [6, 6.07) is 0. The topological polar surface area (TPSA) is 20.2 Å². The van der Waals surface area contributed by atoms with Crippen LogP contribution in [0, 0.1) is 0 Å². The van der Waals surface area contributed by atoms with Gasteiger partial charge in [0.15, 0.2) is 0 Å². The van der Waals surface area contributed by atoms with Crippen LogP contribution in [0.3, 0.4) is 0 Å². The standard InChI is InChI=1S/C7H10O/c1-6-3-2-4-7(8)5-6/h2,4-5,7-8H,3H2,1H3. The molecule has 0 saturated carbocycles. The minimum Gasteiger partial charge on any atom is -0.385 e. The summed E-state index contributed by atoms with van der Waals surface area (Å²) >= 11 is 0. The number of allylic oxidation sites excluding steroid dienone is 2. The van der Waals surface area contributed by atoms with Gasteiger partial charge in [0.2, 0.25) is 0 Å². The van der Waals surface area contributed by atoms with E-state index in [-0.39, 0.29) is 6.10 Å². The molecule has 1 heteroatoms. The summed E-state index contributed by atoms with van der Waals surface area (Å²) in [6.07, 6.45) is 6.31. The number of aliphatic hydroxyl groups excluding tert-OH is 1. The van der Waals surface area contributed by atoms with E-state index < -0.39 is 0 Å². The fraction of sp³-hybridized carbons (Fsp3) is 0.429. The number of rotatable bonds is 0. The van der Waals surface area contributed by atoms with Crippen LogP contribution in [-0.2, 0) is 0 Å². The molecule has 0 heterocycles. The molecule has 0 amide bonds. The molecule has 0 aromatic carbocycles. The maximum atomic E-state index is 8.92. The van der Waals surface area contributed by atoms with E-state index in [1.165, 1.54) is 5.57 Å². The maximum Gasteiger partial charge on any atom is 0.0905 e. The van der Waals surface area contributed by atoms with Gasteiger partial charge in [0.05, 0.1) is 6.10 Å². The Morgan fingerprint density at radius 3 is 2.88 bits per heavy atom. The van der Waals surface area contributed by atoms with Crippen LogP contribution in [-0.4, -0.2) is 11.2 Å². The predicted molar refractivity (Wildman–Crippen MR) is 33.5 cm³/mol. The lowest BCUT2D eigenvalue weighted by Crippen LogP contribution is -2.00. The van der Waals surface area contributed by atoms with Gasteiger partial charge in [-0.2, -0.15) is 0 Å². The van der Waals surface area contributed by atoms with Crippen molar-refractivity contribution in [3.63, 3.8) is 0 Å². The zero-order valence-electron chi connectivity index (χ0n) is 4.96. The second-order valence-electron chi connectivity index (χ2n) is 2.14. The molecule has 1 rings (SSSR count). The Bertz CT molecular complexity index is 133. The minimum absolute atomic E-state index is 0.330. The molecular formula is C7H10O. The zero-order valence-corrected chi connectivity index (χ0v) is 4.96. The second kappa shape index (κ2) is 2.14. The van der Waals surface area contributed by atoms with Crippen molar-refractivity contribution in [3.05, 3.63) is 23.8 Å². The first-order valence-corrected chi connectivity index (χ1v) is 2.81. The number of hydrogen-bond acceptors (Lipinski definition) is 1. The van der Waals surface area contributed by atoms with Crippen molar-refractivity contribution in [3.8, 4) is 0 Å². The van der Waals surface area contributed by atoms with Crippen LogP contribution in [0.15, 0.2) is 23.8 Å². The minimum atomic E-state index is -0.330. The first-order valence-electron chi connectivity index (χ1n) is 2.81. The van der Waals surface area contributed by atoms with Gasteiger partial charge in [-0.05, 0) is 13.3 Å². The molecule has 8 heavy (non-hydrogen) atoms. The van der Waals surface area contributed by atoms with Gasteiger partial charge in [-0.1, -0.05) is 23.8 Å². The molecule has 0 saturated heterocycles. The highest BCUT2D eigenvalue weighted by Crippen LogP contribution is 2.08. The molecule has 1 N–H and O–H groups in total. The summed E-state index contributed by atoms with van der Waals surface area (Å²) in [7, 11) is 0. The quantitative estimate of drug-likeness (QED) is 0.465. The molecule has 1 atom stereocenters. The Kier molecular flexibility index (Phi) is 1.49. The predicted octanol–water partition coefficient (Wildman–Crippen LogP) is 1.25. The van der Waals surface area contributed by atoms with E-state index in [2.05, 4.69) is 0 Å². The first kappa shape index (κ1) is 5.57. The summed E-state index contributed by atoms with van der Waals surface area (Å²) in [4.78, 5) is 0. The molecular weight excluding hydrogens is 100 g/mol. The third-order valence-corrected chi connectivity index (χ3v) is 1.23. The van der Waals surface area contributed by atoms with Gasteiger partial charge in [0.1, 0.15) is 0 Å². The van der Waals surface area contributed by atoms with E-state index >= 15 is 0 Å². The Morgan fingerprint density at radius 1 is 1.75 bits per heavy atom. The Balaban J connectivity index is 2.60. The molecule has 0 bridgehead atoms. The second-order valence-corrected chi connectivity index (χ2v) is 2.14. The van der Waals surface area contributed by atoms with E-state index in [4.69, 9.17) is 5.11 Å². The maximum absolute atomic E-state index is 8.92. The van der Waals surface area contributed by atoms with Gasteiger partial charge in [-0.15, -0.1) is 0 Å². The summed E-state index contributed by atoms with van der Waals surface area (Å²) < 4.78 is 0. The molecule has 44 valence electrons. The van der Waals surface area contributed by atoms with Crippen molar-refractivity contribution < 1.29 is 5.11 Å². The molecule has 1 aliphatic carbocycles. The largest absolute Gasteiger partial charge is 0.385 e. The van der Waals surface area contributed by atoms with Gasteiger partial charge < -0.3 is 5.11 Å². The van der Waals surface area contributed by atoms with Crippen LogP contribution in [0.25, 0.3) is 0 Å². The van der Waals surface area contributed by atoms with E-state index in [0.717, 1.165) is 6.42 Å². The molecule has 1 nitrogen and oxygen atoms in total.